The molecule has 2 aromatic heterocycles. The SMILES string of the molecule is COCc1cc(NN)nc(-c2nccs2)n1. The van der Waals surface area contributed by atoms with Crippen molar-refractivity contribution in [1.29, 1.82) is 0 Å². The molecule has 0 aliphatic carbocycles. The van der Waals surface area contributed by atoms with Crippen LogP contribution in [0.4, 0.5) is 5.82 Å². The first kappa shape index (κ1) is 10.9. The van der Waals surface area contributed by atoms with Gasteiger partial charge in [-0.05, 0) is 0 Å². The van der Waals surface area contributed by atoms with Gasteiger partial charge in [-0.1, -0.05) is 0 Å². The molecule has 0 atom stereocenters. The molecule has 0 amide bonds. The van der Waals surface area contributed by atoms with Crippen LogP contribution in [0.25, 0.3) is 10.8 Å². The zero-order valence-corrected chi connectivity index (χ0v) is 9.49. The van der Waals surface area contributed by atoms with E-state index in [4.69, 9.17) is 10.6 Å². The Morgan fingerprint density at radius 3 is 3.00 bits per heavy atom. The van der Waals surface area contributed by atoms with Crippen molar-refractivity contribution in [3.05, 3.63) is 23.3 Å². The van der Waals surface area contributed by atoms with Gasteiger partial charge in [-0.3, -0.25) is 0 Å². The van der Waals surface area contributed by atoms with E-state index in [-0.39, 0.29) is 0 Å². The van der Waals surface area contributed by atoms with Gasteiger partial charge in [0.2, 0.25) is 0 Å². The molecule has 7 heteroatoms. The number of methoxy groups -OCH3 is 1. The fourth-order valence-electron chi connectivity index (χ4n) is 1.22. The number of ether oxygens (including phenoxy) is 1. The largest absolute Gasteiger partial charge is 0.378 e. The highest BCUT2D eigenvalue weighted by Gasteiger charge is 2.08. The number of nitrogen functional groups attached to an aromatic ring is 1. The van der Waals surface area contributed by atoms with E-state index in [1.165, 1.54) is 11.3 Å². The molecule has 2 rings (SSSR count). The van der Waals surface area contributed by atoms with Crippen molar-refractivity contribution < 1.29 is 4.74 Å². The van der Waals surface area contributed by atoms with Gasteiger partial charge < -0.3 is 10.2 Å². The molecule has 16 heavy (non-hydrogen) atoms. The van der Waals surface area contributed by atoms with Crippen LogP contribution in [0.1, 0.15) is 5.69 Å². The van der Waals surface area contributed by atoms with Gasteiger partial charge in [0.05, 0.1) is 12.3 Å². The third-order valence-electron chi connectivity index (χ3n) is 1.84. The minimum absolute atomic E-state index is 0.412. The molecule has 2 heterocycles. The molecular formula is C9H11N5OS. The van der Waals surface area contributed by atoms with E-state index in [2.05, 4.69) is 20.4 Å². The Morgan fingerprint density at radius 2 is 2.38 bits per heavy atom. The second kappa shape index (κ2) is 4.97. The summed E-state index contributed by atoms with van der Waals surface area (Å²) in [5.41, 5.74) is 3.26. The molecular weight excluding hydrogens is 226 g/mol. The third-order valence-corrected chi connectivity index (χ3v) is 2.61. The van der Waals surface area contributed by atoms with E-state index in [0.717, 1.165) is 10.7 Å². The Bertz CT molecular complexity index is 459. The van der Waals surface area contributed by atoms with Crippen LogP contribution in [0.5, 0.6) is 0 Å². The van der Waals surface area contributed by atoms with Crippen LogP contribution in [-0.2, 0) is 11.3 Å². The Balaban J connectivity index is 2.41. The number of nitrogens with zero attached hydrogens (tertiary/aromatic N) is 3. The monoisotopic (exact) mass is 237 g/mol. The van der Waals surface area contributed by atoms with Crippen LogP contribution in [0.3, 0.4) is 0 Å². The smallest absolute Gasteiger partial charge is 0.191 e. The van der Waals surface area contributed by atoms with Crippen molar-refractivity contribution in [3.63, 3.8) is 0 Å². The van der Waals surface area contributed by atoms with Gasteiger partial charge in [0.1, 0.15) is 5.82 Å². The average molecular weight is 237 g/mol. The van der Waals surface area contributed by atoms with E-state index in [1.54, 1.807) is 19.4 Å². The highest BCUT2D eigenvalue weighted by molar-refractivity contribution is 7.12. The Morgan fingerprint density at radius 1 is 1.50 bits per heavy atom. The summed E-state index contributed by atoms with van der Waals surface area (Å²) >= 11 is 1.48. The van der Waals surface area contributed by atoms with Gasteiger partial charge in [0.25, 0.3) is 0 Å². The lowest BCUT2D eigenvalue weighted by Gasteiger charge is -2.05. The zero-order chi connectivity index (χ0) is 11.4. The third kappa shape index (κ3) is 2.32. The number of hydrazine groups is 1. The van der Waals surface area contributed by atoms with Crippen LogP contribution in [0.2, 0.25) is 0 Å². The molecule has 0 radical (unpaired) electrons. The topological polar surface area (TPSA) is 86.0 Å². The van der Waals surface area contributed by atoms with Crippen molar-refractivity contribution in [3.8, 4) is 10.8 Å². The Labute approximate surface area is 96.5 Å². The molecule has 0 unspecified atom stereocenters. The summed E-state index contributed by atoms with van der Waals surface area (Å²) in [6, 6.07) is 1.74. The summed E-state index contributed by atoms with van der Waals surface area (Å²) in [4.78, 5) is 12.7. The van der Waals surface area contributed by atoms with Gasteiger partial charge in [0.15, 0.2) is 10.8 Å². The van der Waals surface area contributed by atoms with Crippen LogP contribution in [-0.4, -0.2) is 22.1 Å². The number of nitrogens with two attached hydrogens (primary N) is 1. The number of nitrogens with one attached hydrogen (secondary N) is 1. The highest BCUT2D eigenvalue weighted by Crippen LogP contribution is 2.19. The number of thiazole rings is 1. The predicted molar refractivity (Wildman–Crippen MR) is 61.7 cm³/mol. The summed E-state index contributed by atoms with van der Waals surface area (Å²) in [7, 11) is 1.61. The minimum atomic E-state index is 0.412. The maximum Gasteiger partial charge on any atom is 0.191 e. The normalized spacial score (nSPS) is 10.4. The zero-order valence-electron chi connectivity index (χ0n) is 8.67. The number of hydrogen-bond donors (Lipinski definition) is 2. The van der Waals surface area contributed by atoms with Gasteiger partial charge in [-0.2, -0.15) is 0 Å². The number of hydrogen-bond acceptors (Lipinski definition) is 7. The molecule has 0 saturated heterocycles. The van der Waals surface area contributed by atoms with Crippen molar-refractivity contribution in [2.24, 2.45) is 5.84 Å². The van der Waals surface area contributed by atoms with Crippen molar-refractivity contribution in [1.82, 2.24) is 15.0 Å². The number of anilines is 1. The molecule has 84 valence electrons. The first-order valence-electron chi connectivity index (χ1n) is 4.57. The predicted octanol–water partition coefficient (Wildman–Crippen LogP) is 1.03. The summed E-state index contributed by atoms with van der Waals surface area (Å²) in [5.74, 6) is 6.44. The van der Waals surface area contributed by atoms with E-state index in [1.807, 2.05) is 5.38 Å². The molecule has 0 fully saturated rings. The van der Waals surface area contributed by atoms with E-state index < -0.39 is 0 Å². The molecule has 0 aliphatic rings. The van der Waals surface area contributed by atoms with Crippen LogP contribution < -0.4 is 11.3 Å². The van der Waals surface area contributed by atoms with Gasteiger partial charge in [0, 0.05) is 24.8 Å². The van der Waals surface area contributed by atoms with E-state index in [0.29, 0.717) is 18.2 Å². The Kier molecular flexibility index (Phi) is 3.40. The average Bonchev–Trinajstić information content (AvgIpc) is 2.82. The minimum Gasteiger partial charge on any atom is -0.378 e. The quantitative estimate of drug-likeness (QED) is 0.610. The summed E-state index contributed by atoms with van der Waals surface area (Å²) < 4.78 is 5.02. The highest BCUT2D eigenvalue weighted by atomic mass is 32.1. The maximum absolute atomic E-state index is 5.34. The van der Waals surface area contributed by atoms with Gasteiger partial charge in [-0.15, -0.1) is 11.3 Å². The second-order valence-electron chi connectivity index (χ2n) is 2.98. The summed E-state index contributed by atoms with van der Waals surface area (Å²) in [5, 5.41) is 2.63. The lowest BCUT2D eigenvalue weighted by Crippen LogP contribution is -2.10. The molecule has 0 saturated carbocycles. The fraction of sp³-hybridized carbons (Fsp3) is 0.222. The van der Waals surface area contributed by atoms with E-state index >= 15 is 0 Å². The standard InChI is InChI=1S/C9H11N5OS/c1-15-5-6-4-7(14-10)13-8(12-6)9-11-2-3-16-9/h2-4H,5,10H2,1H3,(H,12,13,14). The van der Waals surface area contributed by atoms with Crippen LogP contribution in [0.15, 0.2) is 17.6 Å². The molecule has 0 bridgehead atoms. The Hall–Kier alpha value is -1.57. The molecule has 3 N–H and O–H groups in total. The van der Waals surface area contributed by atoms with Crippen molar-refractivity contribution in [2.75, 3.05) is 12.5 Å². The van der Waals surface area contributed by atoms with Crippen molar-refractivity contribution in [2.45, 2.75) is 6.61 Å². The van der Waals surface area contributed by atoms with Crippen LogP contribution in [0, 0.1) is 0 Å². The van der Waals surface area contributed by atoms with Gasteiger partial charge >= 0.3 is 0 Å². The molecule has 2 aromatic rings. The lowest BCUT2D eigenvalue weighted by molar-refractivity contribution is 0.181. The lowest BCUT2D eigenvalue weighted by atomic mass is 10.4. The number of aromatic nitrogens is 3. The molecule has 0 spiro atoms. The maximum atomic E-state index is 5.34. The first-order chi connectivity index (χ1) is 7.83. The molecule has 0 aliphatic heterocycles. The summed E-state index contributed by atoms with van der Waals surface area (Å²) in [6.07, 6.45) is 1.71. The second-order valence-corrected chi connectivity index (χ2v) is 3.88. The fourth-order valence-corrected chi connectivity index (χ4v) is 1.79. The molecule has 0 aromatic carbocycles. The number of rotatable bonds is 4. The van der Waals surface area contributed by atoms with E-state index in [9.17, 15) is 0 Å². The van der Waals surface area contributed by atoms with Gasteiger partial charge in [-0.25, -0.2) is 20.8 Å². The van der Waals surface area contributed by atoms with Crippen LogP contribution >= 0.6 is 11.3 Å². The first-order valence-corrected chi connectivity index (χ1v) is 5.45. The van der Waals surface area contributed by atoms with Crippen molar-refractivity contribution >= 4 is 17.2 Å². The summed E-state index contributed by atoms with van der Waals surface area (Å²) in [6.45, 7) is 0.412. The molecule has 6 nitrogen and oxygen atoms in total.